The summed E-state index contributed by atoms with van der Waals surface area (Å²) < 4.78 is 11.7. The molecule has 1 aliphatic heterocycles. The lowest BCUT2D eigenvalue weighted by Gasteiger charge is -2.12. The van der Waals surface area contributed by atoms with Crippen molar-refractivity contribution in [2.45, 2.75) is 0 Å². The zero-order chi connectivity index (χ0) is 22.4. The maximum absolute atomic E-state index is 12.7. The van der Waals surface area contributed by atoms with Crippen molar-refractivity contribution in [3.8, 4) is 23.8 Å². The molecule has 31 heavy (non-hydrogen) atoms. The molecule has 3 rings (SSSR count). The molecular weight excluding hydrogens is 531 g/mol. The summed E-state index contributed by atoms with van der Waals surface area (Å²) in [6, 6.07) is 12.2. The Morgan fingerprint density at radius 1 is 1.23 bits per heavy atom. The first kappa shape index (κ1) is 22.7. The van der Waals surface area contributed by atoms with Crippen LogP contribution >= 0.6 is 34.4 Å². The number of ether oxygens (including phenoxy) is 2. The lowest BCUT2D eigenvalue weighted by molar-refractivity contribution is -0.127. The molecule has 158 valence electrons. The van der Waals surface area contributed by atoms with Gasteiger partial charge in [0.15, 0.2) is 11.5 Å². The van der Waals surface area contributed by atoms with Gasteiger partial charge in [-0.1, -0.05) is 12.0 Å². The summed E-state index contributed by atoms with van der Waals surface area (Å²) in [7, 11) is 1.49. The number of benzene rings is 2. The third-order valence-corrected chi connectivity index (χ3v) is 5.73. The van der Waals surface area contributed by atoms with E-state index in [1.807, 2.05) is 12.1 Å². The fourth-order valence-electron chi connectivity index (χ4n) is 2.68. The van der Waals surface area contributed by atoms with E-state index in [2.05, 4.69) is 33.8 Å². The molecule has 1 N–H and O–H groups in total. The average molecular weight is 548 g/mol. The average Bonchev–Trinajstić information content (AvgIpc) is 3.01. The first-order valence-corrected chi connectivity index (χ1v) is 10.9. The van der Waals surface area contributed by atoms with E-state index in [0.29, 0.717) is 22.7 Å². The van der Waals surface area contributed by atoms with E-state index in [0.717, 1.165) is 20.2 Å². The lowest BCUT2D eigenvalue weighted by Crippen LogP contribution is -2.36. The van der Waals surface area contributed by atoms with E-state index in [4.69, 9.17) is 15.9 Å². The lowest BCUT2D eigenvalue weighted by atomic mass is 10.2. The van der Waals surface area contributed by atoms with Gasteiger partial charge in [-0.25, -0.2) is 0 Å². The predicted molar refractivity (Wildman–Crippen MR) is 128 cm³/mol. The molecule has 0 radical (unpaired) electrons. The molecule has 0 unspecified atom stereocenters. The van der Waals surface area contributed by atoms with E-state index in [9.17, 15) is 14.4 Å². The van der Waals surface area contributed by atoms with Crippen molar-refractivity contribution in [1.29, 1.82) is 0 Å². The summed E-state index contributed by atoms with van der Waals surface area (Å²) in [5.74, 6) is 2.31. The molecule has 0 aromatic heterocycles. The number of thioether (sulfide) groups is 1. The van der Waals surface area contributed by atoms with Crippen LogP contribution in [0.1, 0.15) is 5.56 Å². The maximum Gasteiger partial charge on any atom is 0.294 e. The number of anilines is 1. The molecule has 2 aromatic rings. The Labute approximate surface area is 197 Å². The number of nitrogens with one attached hydrogen (secondary N) is 1. The molecule has 7 nitrogen and oxygen atoms in total. The molecule has 0 bridgehead atoms. The molecule has 2 aromatic carbocycles. The molecule has 0 spiro atoms. The highest BCUT2D eigenvalue weighted by Crippen LogP contribution is 2.34. The number of terminal acetylenes is 1. The van der Waals surface area contributed by atoms with E-state index < -0.39 is 17.1 Å². The Balaban J connectivity index is 1.70. The molecule has 1 fully saturated rings. The summed E-state index contributed by atoms with van der Waals surface area (Å²) in [6.07, 6.45) is 6.77. The molecule has 1 heterocycles. The first-order chi connectivity index (χ1) is 14.9. The van der Waals surface area contributed by atoms with Crippen molar-refractivity contribution in [3.63, 3.8) is 0 Å². The number of carbonyl (C=O) groups excluding carboxylic acids is 3. The zero-order valence-electron chi connectivity index (χ0n) is 16.4. The number of hydrogen-bond acceptors (Lipinski definition) is 6. The second-order valence-corrected chi connectivity index (χ2v) is 8.46. The summed E-state index contributed by atoms with van der Waals surface area (Å²) in [6.45, 7) is -0.269. The molecule has 0 atom stereocenters. The summed E-state index contributed by atoms with van der Waals surface area (Å²) in [4.78, 5) is 38.4. The van der Waals surface area contributed by atoms with Crippen LogP contribution in [-0.4, -0.2) is 42.2 Å². The minimum atomic E-state index is -0.528. The highest BCUT2D eigenvalue weighted by molar-refractivity contribution is 14.1. The number of hydrogen-bond donors (Lipinski definition) is 1. The van der Waals surface area contributed by atoms with Gasteiger partial charge in [-0.3, -0.25) is 19.3 Å². The molecule has 0 saturated carbocycles. The number of halogens is 1. The third kappa shape index (κ3) is 5.80. The first-order valence-electron chi connectivity index (χ1n) is 8.96. The van der Waals surface area contributed by atoms with E-state index in [-0.39, 0.29) is 18.1 Å². The van der Waals surface area contributed by atoms with Crippen molar-refractivity contribution in [2.75, 3.05) is 25.6 Å². The van der Waals surface area contributed by atoms with Crippen LogP contribution < -0.4 is 14.8 Å². The Hall–Kier alpha value is -2.97. The van der Waals surface area contributed by atoms with E-state index >= 15 is 0 Å². The molecular formula is C22H17IN2O5S. The number of rotatable bonds is 7. The largest absolute Gasteiger partial charge is 0.493 e. The van der Waals surface area contributed by atoms with Crippen molar-refractivity contribution in [1.82, 2.24) is 4.90 Å². The number of carbonyl (C=O) groups is 3. The van der Waals surface area contributed by atoms with Gasteiger partial charge in [-0.05, 0) is 82.4 Å². The van der Waals surface area contributed by atoms with Crippen LogP contribution in [0, 0.1) is 15.9 Å². The second-order valence-electron chi connectivity index (χ2n) is 6.23. The quantitative estimate of drug-likeness (QED) is 0.320. The van der Waals surface area contributed by atoms with E-state index in [1.165, 1.54) is 7.11 Å². The topological polar surface area (TPSA) is 84.9 Å². The summed E-state index contributed by atoms with van der Waals surface area (Å²) >= 11 is 2.93. The van der Waals surface area contributed by atoms with Crippen molar-refractivity contribution < 1.29 is 23.9 Å². The number of imide groups is 1. The SMILES string of the molecule is C#CCOc1ccc(/C=C2\SC(=O)N(CC(=O)Nc3ccc(I)cc3)C2=O)cc1OC. The standard InChI is InChI=1S/C22H17IN2O5S/c1-3-10-30-17-9-4-14(11-18(17)29-2)12-19-21(27)25(22(28)31-19)13-20(26)24-16-7-5-15(23)6-8-16/h1,4-9,11-12H,10,13H2,2H3,(H,24,26)/b19-12-. The van der Waals surface area contributed by atoms with Crippen LogP contribution in [-0.2, 0) is 9.59 Å². The van der Waals surface area contributed by atoms with Crippen LogP contribution in [0.25, 0.3) is 6.08 Å². The van der Waals surface area contributed by atoms with Gasteiger partial charge >= 0.3 is 0 Å². The molecule has 0 aliphatic carbocycles. The van der Waals surface area contributed by atoms with Crippen LogP contribution in [0.5, 0.6) is 11.5 Å². The smallest absolute Gasteiger partial charge is 0.294 e. The fraction of sp³-hybridized carbons (Fsp3) is 0.136. The summed E-state index contributed by atoms with van der Waals surface area (Å²) in [5, 5.41) is 2.17. The minimum absolute atomic E-state index is 0.0961. The van der Waals surface area contributed by atoms with Gasteiger partial charge in [-0.2, -0.15) is 0 Å². The van der Waals surface area contributed by atoms with Gasteiger partial charge in [0.1, 0.15) is 13.2 Å². The normalized spacial score (nSPS) is 14.5. The third-order valence-electron chi connectivity index (χ3n) is 4.10. The van der Waals surface area contributed by atoms with Gasteiger partial charge in [0.25, 0.3) is 11.1 Å². The molecule has 3 amide bonds. The highest BCUT2D eigenvalue weighted by Gasteiger charge is 2.36. The number of amides is 3. The van der Waals surface area contributed by atoms with Crippen molar-refractivity contribution in [3.05, 3.63) is 56.5 Å². The van der Waals surface area contributed by atoms with Gasteiger partial charge in [0.05, 0.1) is 12.0 Å². The van der Waals surface area contributed by atoms with Crippen molar-refractivity contribution >= 4 is 63.2 Å². The molecule has 1 saturated heterocycles. The maximum atomic E-state index is 12.7. The van der Waals surface area contributed by atoms with Crippen LogP contribution in [0.2, 0.25) is 0 Å². The Kier molecular flexibility index (Phi) is 7.59. The zero-order valence-corrected chi connectivity index (χ0v) is 19.4. The van der Waals surface area contributed by atoms with E-state index in [1.54, 1.807) is 36.4 Å². The second kappa shape index (κ2) is 10.4. The monoisotopic (exact) mass is 548 g/mol. The Morgan fingerprint density at radius 2 is 1.97 bits per heavy atom. The van der Waals surface area contributed by atoms with Crippen LogP contribution in [0.15, 0.2) is 47.4 Å². The summed E-state index contributed by atoms with van der Waals surface area (Å²) in [5.41, 5.74) is 1.23. The van der Waals surface area contributed by atoms with Gasteiger partial charge in [0.2, 0.25) is 5.91 Å². The molecule has 1 aliphatic rings. The Bertz CT molecular complexity index is 1090. The van der Waals surface area contributed by atoms with Gasteiger partial charge in [0, 0.05) is 9.26 Å². The van der Waals surface area contributed by atoms with Crippen LogP contribution in [0.4, 0.5) is 10.5 Å². The number of nitrogens with zero attached hydrogens (tertiary/aromatic N) is 1. The highest BCUT2D eigenvalue weighted by atomic mass is 127. The fourth-order valence-corrected chi connectivity index (χ4v) is 3.88. The van der Waals surface area contributed by atoms with Crippen LogP contribution in [0.3, 0.4) is 0 Å². The minimum Gasteiger partial charge on any atom is -0.493 e. The van der Waals surface area contributed by atoms with Crippen molar-refractivity contribution in [2.24, 2.45) is 0 Å². The van der Waals surface area contributed by atoms with Gasteiger partial charge < -0.3 is 14.8 Å². The Morgan fingerprint density at radius 3 is 2.65 bits per heavy atom. The number of methoxy groups -OCH3 is 1. The predicted octanol–water partition coefficient (Wildman–Crippen LogP) is 3.99. The van der Waals surface area contributed by atoms with Gasteiger partial charge in [-0.15, -0.1) is 6.42 Å². The molecule has 9 heteroatoms.